The zero-order valence-corrected chi connectivity index (χ0v) is 12.0. The summed E-state index contributed by atoms with van der Waals surface area (Å²) in [6.45, 7) is 4.48. The molecule has 0 aromatic carbocycles. The lowest BCUT2D eigenvalue weighted by molar-refractivity contribution is -0.385. The van der Waals surface area contributed by atoms with Gasteiger partial charge in [0.2, 0.25) is 0 Å². The van der Waals surface area contributed by atoms with E-state index < -0.39 is 4.92 Å². The van der Waals surface area contributed by atoms with Crippen LogP contribution in [-0.2, 0) is 0 Å². The maximum Gasteiger partial charge on any atom is 0.275 e. The average molecular weight is 296 g/mol. The Balaban J connectivity index is 2.30. The highest BCUT2D eigenvalue weighted by atomic mass is 32.2. The van der Waals surface area contributed by atoms with Crippen molar-refractivity contribution in [2.75, 3.05) is 11.9 Å². The molecule has 0 aliphatic heterocycles. The molecule has 0 unspecified atom stereocenters. The van der Waals surface area contributed by atoms with Crippen molar-refractivity contribution in [3.05, 3.63) is 33.3 Å². The largest absolute Gasteiger partial charge is 0.370 e. The minimum absolute atomic E-state index is 0.0294. The Labute approximate surface area is 118 Å². The number of nitrogens with one attached hydrogen (secondary N) is 1. The van der Waals surface area contributed by atoms with E-state index in [2.05, 4.69) is 15.3 Å². The molecule has 0 saturated carbocycles. The molecule has 0 bridgehead atoms. The van der Waals surface area contributed by atoms with Crippen LogP contribution in [0.15, 0.2) is 26.9 Å². The van der Waals surface area contributed by atoms with E-state index in [4.69, 9.17) is 0 Å². The number of hydrogen-bond donors (Lipinski definition) is 1. The number of pyridine rings is 1. The summed E-state index contributed by atoms with van der Waals surface area (Å²) in [5.74, 6) is 0.507. The summed E-state index contributed by atoms with van der Waals surface area (Å²) in [6, 6.07) is 2.89. The van der Waals surface area contributed by atoms with Crippen LogP contribution in [0.3, 0.4) is 0 Å². The van der Waals surface area contributed by atoms with E-state index in [9.17, 15) is 10.1 Å². The normalized spacial score (nSPS) is 10.4. The first-order chi connectivity index (χ1) is 9.08. The highest BCUT2D eigenvalue weighted by Crippen LogP contribution is 2.32. The van der Waals surface area contributed by atoms with Gasteiger partial charge in [-0.2, -0.15) is 0 Å². The summed E-state index contributed by atoms with van der Waals surface area (Å²) in [7, 11) is 0. The minimum atomic E-state index is -0.417. The molecule has 0 fully saturated rings. The standard InChI is InChI=1S/C11H12N4O2S2/c1-3-12-9-4-8(15(16)17)5-10(14-9)19-11-13-7(2)6-18-11/h4-6H,3H2,1-2H3,(H,12,14). The Morgan fingerprint density at radius 3 is 2.84 bits per heavy atom. The van der Waals surface area contributed by atoms with E-state index in [1.54, 1.807) is 0 Å². The molecule has 100 valence electrons. The summed E-state index contributed by atoms with van der Waals surface area (Å²) in [6.07, 6.45) is 0. The van der Waals surface area contributed by atoms with Crippen LogP contribution in [0, 0.1) is 17.0 Å². The summed E-state index contributed by atoms with van der Waals surface area (Å²) < 4.78 is 0.827. The van der Waals surface area contributed by atoms with Gasteiger partial charge in [-0.15, -0.1) is 11.3 Å². The third kappa shape index (κ3) is 3.65. The molecule has 6 nitrogen and oxygen atoms in total. The van der Waals surface area contributed by atoms with Gasteiger partial charge in [0, 0.05) is 23.7 Å². The quantitative estimate of drug-likeness (QED) is 0.673. The summed E-state index contributed by atoms with van der Waals surface area (Å²) in [5.41, 5.74) is 0.964. The van der Waals surface area contributed by atoms with Crippen LogP contribution in [0.1, 0.15) is 12.6 Å². The van der Waals surface area contributed by atoms with Crippen molar-refractivity contribution >= 4 is 34.6 Å². The Morgan fingerprint density at radius 1 is 1.47 bits per heavy atom. The SMILES string of the molecule is CCNc1cc([N+](=O)[O-])cc(Sc2nc(C)cs2)n1. The maximum absolute atomic E-state index is 10.9. The van der Waals surface area contributed by atoms with Crippen molar-refractivity contribution in [1.29, 1.82) is 0 Å². The van der Waals surface area contributed by atoms with E-state index >= 15 is 0 Å². The van der Waals surface area contributed by atoms with Gasteiger partial charge in [-0.1, -0.05) is 0 Å². The first kappa shape index (κ1) is 13.8. The molecule has 2 aromatic rings. The van der Waals surface area contributed by atoms with Crippen LogP contribution in [0.25, 0.3) is 0 Å². The topological polar surface area (TPSA) is 81.0 Å². The second kappa shape index (κ2) is 5.98. The fraction of sp³-hybridized carbons (Fsp3) is 0.273. The molecule has 0 radical (unpaired) electrons. The fourth-order valence-corrected chi connectivity index (χ4v) is 3.20. The predicted octanol–water partition coefficient (Wildman–Crippen LogP) is 3.34. The molecule has 0 saturated heterocycles. The van der Waals surface area contributed by atoms with Gasteiger partial charge >= 0.3 is 0 Å². The third-order valence-electron chi connectivity index (χ3n) is 2.15. The molecule has 19 heavy (non-hydrogen) atoms. The molecular formula is C11H12N4O2S2. The first-order valence-corrected chi connectivity index (χ1v) is 7.28. The fourth-order valence-electron chi connectivity index (χ4n) is 1.39. The summed E-state index contributed by atoms with van der Waals surface area (Å²) in [4.78, 5) is 19.1. The number of thiazole rings is 1. The van der Waals surface area contributed by atoms with Gasteiger partial charge in [0.05, 0.1) is 11.0 Å². The van der Waals surface area contributed by atoms with Crippen molar-refractivity contribution in [1.82, 2.24) is 9.97 Å². The second-order valence-electron chi connectivity index (χ2n) is 3.69. The Bertz CT molecular complexity index is 600. The number of aromatic nitrogens is 2. The molecule has 2 rings (SSSR count). The van der Waals surface area contributed by atoms with Crippen LogP contribution in [0.4, 0.5) is 11.5 Å². The van der Waals surface area contributed by atoms with E-state index in [0.717, 1.165) is 10.0 Å². The summed E-state index contributed by atoms with van der Waals surface area (Å²) in [5, 5.41) is 16.4. The number of hydrogen-bond acceptors (Lipinski definition) is 7. The number of aryl methyl sites for hydroxylation is 1. The second-order valence-corrected chi connectivity index (χ2v) is 5.82. The van der Waals surface area contributed by atoms with Crippen molar-refractivity contribution in [3.63, 3.8) is 0 Å². The molecule has 0 aliphatic rings. The van der Waals surface area contributed by atoms with E-state index in [0.29, 0.717) is 17.4 Å². The lowest BCUT2D eigenvalue weighted by atomic mass is 10.4. The first-order valence-electron chi connectivity index (χ1n) is 5.59. The van der Waals surface area contributed by atoms with Crippen LogP contribution in [0.2, 0.25) is 0 Å². The minimum Gasteiger partial charge on any atom is -0.370 e. The van der Waals surface area contributed by atoms with Crippen molar-refractivity contribution in [3.8, 4) is 0 Å². The number of nitro groups is 1. The van der Waals surface area contributed by atoms with Crippen molar-refractivity contribution in [2.45, 2.75) is 23.2 Å². The smallest absolute Gasteiger partial charge is 0.275 e. The van der Waals surface area contributed by atoms with Gasteiger partial charge < -0.3 is 5.32 Å². The van der Waals surface area contributed by atoms with Gasteiger partial charge in [-0.25, -0.2) is 9.97 Å². The zero-order valence-electron chi connectivity index (χ0n) is 10.4. The molecular weight excluding hydrogens is 284 g/mol. The van der Waals surface area contributed by atoms with Crippen LogP contribution >= 0.6 is 23.1 Å². The van der Waals surface area contributed by atoms with Crippen LogP contribution in [0.5, 0.6) is 0 Å². The van der Waals surface area contributed by atoms with Gasteiger partial charge in [0.25, 0.3) is 5.69 Å². The van der Waals surface area contributed by atoms with Gasteiger partial charge in [0.1, 0.15) is 10.8 Å². The Hall–Kier alpha value is -1.67. The van der Waals surface area contributed by atoms with Crippen molar-refractivity contribution in [2.24, 2.45) is 0 Å². The van der Waals surface area contributed by atoms with E-state index in [-0.39, 0.29) is 5.69 Å². The third-order valence-corrected chi connectivity index (χ3v) is 4.12. The average Bonchev–Trinajstić information content (AvgIpc) is 2.75. The number of anilines is 1. The number of nitrogens with zero attached hydrogens (tertiary/aromatic N) is 3. The lowest BCUT2D eigenvalue weighted by Crippen LogP contribution is -2.01. The van der Waals surface area contributed by atoms with Crippen LogP contribution in [-0.4, -0.2) is 21.4 Å². The lowest BCUT2D eigenvalue weighted by Gasteiger charge is -2.04. The molecule has 1 N–H and O–H groups in total. The van der Waals surface area contributed by atoms with E-state index in [1.165, 1.54) is 35.2 Å². The van der Waals surface area contributed by atoms with Crippen LogP contribution < -0.4 is 5.32 Å². The maximum atomic E-state index is 10.9. The highest BCUT2D eigenvalue weighted by molar-refractivity contribution is 8.01. The molecule has 0 amide bonds. The Morgan fingerprint density at radius 2 is 2.26 bits per heavy atom. The predicted molar refractivity (Wildman–Crippen MR) is 76.0 cm³/mol. The monoisotopic (exact) mass is 296 g/mol. The number of rotatable bonds is 5. The molecule has 8 heteroatoms. The van der Waals surface area contributed by atoms with Crippen molar-refractivity contribution < 1.29 is 4.92 Å². The van der Waals surface area contributed by atoms with Gasteiger partial charge in [0.15, 0.2) is 4.34 Å². The highest BCUT2D eigenvalue weighted by Gasteiger charge is 2.13. The molecule has 2 heterocycles. The molecule has 2 aromatic heterocycles. The Kier molecular flexibility index (Phi) is 4.33. The molecule has 0 aliphatic carbocycles. The molecule has 0 spiro atoms. The molecule has 0 atom stereocenters. The zero-order chi connectivity index (χ0) is 13.8. The van der Waals surface area contributed by atoms with Gasteiger partial charge in [-0.3, -0.25) is 10.1 Å². The van der Waals surface area contributed by atoms with Gasteiger partial charge in [-0.05, 0) is 25.6 Å². The summed E-state index contributed by atoms with van der Waals surface area (Å²) >= 11 is 2.83. The van der Waals surface area contributed by atoms with E-state index in [1.807, 2.05) is 19.2 Å².